The molecule has 0 aliphatic rings. The number of carbonyl (C=O) groups is 1. The second-order valence-electron chi connectivity index (χ2n) is 3.11. The lowest BCUT2D eigenvalue weighted by Gasteiger charge is -2.04. The third kappa shape index (κ3) is 3.21. The van der Waals surface area contributed by atoms with Gasteiger partial charge in [0.1, 0.15) is 10.6 Å². The predicted octanol–water partition coefficient (Wildman–Crippen LogP) is 1.01. The fourth-order valence-corrected chi connectivity index (χ4v) is 2.08. The van der Waals surface area contributed by atoms with Crippen LogP contribution in [0, 0.1) is 6.92 Å². The Morgan fingerprint density at radius 1 is 1.53 bits per heavy atom. The zero-order chi connectivity index (χ0) is 11.3. The molecule has 5 heteroatoms. The van der Waals surface area contributed by atoms with Crippen molar-refractivity contribution in [3.05, 3.63) is 15.8 Å². The monoisotopic (exact) mass is 228 g/mol. The van der Waals surface area contributed by atoms with E-state index < -0.39 is 0 Å². The van der Waals surface area contributed by atoms with Gasteiger partial charge in [-0.25, -0.2) is 0 Å². The number of carbonyl (C=O) groups excluding carboxylic acids is 1. The minimum Gasteiger partial charge on any atom is -0.495 e. The maximum absolute atomic E-state index is 11.7. The van der Waals surface area contributed by atoms with Crippen LogP contribution in [-0.4, -0.2) is 33.2 Å². The topological polar surface area (TPSA) is 50.4 Å². The van der Waals surface area contributed by atoms with Crippen molar-refractivity contribution in [2.75, 3.05) is 27.2 Å². The number of likely N-dealkylation sites (N-methyl/N-ethyl adjacent to an activating group) is 1. The predicted molar refractivity (Wildman–Crippen MR) is 61.9 cm³/mol. The molecule has 15 heavy (non-hydrogen) atoms. The molecule has 0 fully saturated rings. The molecule has 1 rings (SSSR count). The Balaban J connectivity index is 2.64. The van der Waals surface area contributed by atoms with E-state index in [1.807, 2.05) is 20.0 Å². The quantitative estimate of drug-likeness (QED) is 0.740. The molecule has 0 spiro atoms. The van der Waals surface area contributed by atoms with Gasteiger partial charge >= 0.3 is 0 Å². The van der Waals surface area contributed by atoms with Gasteiger partial charge in [-0.15, -0.1) is 11.3 Å². The second-order valence-corrected chi connectivity index (χ2v) is 4.37. The minimum atomic E-state index is -0.0693. The average Bonchev–Trinajstić information content (AvgIpc) is 2.60. The number of hydrogen-bond acceptors (Lipinski definition) is 4. The summed E-state index contributed by atoms with van der Waals surface area (Å²) in [4.78, 5) is 13.4. The molecule has 4 nitrogen and oxygen atoms in total. The van der Waals surface area contributed by atoms with Crippen LogP contribution in [0.4, 0.5) is 0 Å². The molecule has 0 saturated heterocycles. The molecule has 0 atom stereocenters. The Hall–Kier alpha value is -1.07. The number of ether oxygens (including phenoxy) is 1. The molecule has 84 valence electrons. The van der Waals surface area contributed by atoms with E-state index in [9.17, 15) is 4.79 Å². The summed E-state index contributed by atoms with van der Waals surface area (Å²) in [6.07, 6.45) is 0. The summed E-state index contributed by atoms with van der Waals surface area (Å²) < 4.78 is 5.13. The highest BCUT2D eigenvalue weighted by atomic mass is 32.1. The molecule has 0 aliphatic carbocycles. The smallest absolute Gasteiger partial charge is 0.265 e. The third-order valence-electron chi connectivity index (χ3n) is 1.91. The zero-order valence-electron chi connectivity index (χ0n) is 9.22. The van der Waals surface area contributed by atoms with Crippen molar-refractivity contribution in [2.24, 2.45) is 0 Å². The first kappa shape index (κ1) is 12.0. The SMILES string of the molecule is CNCCNC(=O)c1sc(C)cc1OC. The first-order valence-electron chi connectivity index (χ1n) is 4.76. The van der Waals surface area contributed by atoms with E-state index in [-0.39, 0.29) is 5.91 Å². The van der Waals surface area contributed by atoms with Crippen molar-refractivity contribution in [1.82, 2.24) is 10.6 Å². The maximum atomic E-state index is 11.7. The van der Waals surface area contributed by atoms with Gasteiger partial charge in [0.2, 0.25) is 0 Å². The van der Waals surface area contributed by atoms with Gasteiger partial charge in [-0.2, -0.15) is 0 Å². The Labute approximate surface area is 93.6 Å². The van der Waals surface area contributed by atoms with Crippen LogP contribution in [0.15, 0.2) is 6.07 Å². The van der Waals surface area contributed by atoms with Crippen LogP contribution in [0.2, 0.25) is 0 Å². The van der Waals surface area contributed by atoms with Crippen LogP contribution in [0.3, 0.4) is 0 Å². The summed E-state index contributed by atoms with van der Waals surface area (Å²) in [5.74, 6) is 0.583. The summed E-state index contributed by atoms with van der Waals surface area (Å²) in [6, 6.07) is 1.87. The lowest BCUT2D eigenvalue weighted by Crippen LogP contribution is -2.30. The molecule has 0 radical (unpaired) electrons. The molecular formula is C10H16N2O2S. The molecule has 1 aromatic heterocycles. The Morgan fingerprint density at radius 2 is 2.27 bits per heavy atom. The summed E-state index contributed by atoms with van der Waals surface area (Å²) in [5.41, 5.74) is 0. The fourth-order valence-electron chi connectivity index (χ4n) is 1.18. The van der Waals surface area contributed by atoms with E-state index >= 15 is 0 Å². The highest BCUT2D eigenvalue weighted by molar-refractivity contribution is 7.14. The number of aryl methyl sites for hydroxylation is 1. The summed E-state index contributed by atoms with van der Waals surface area (Å²) in [6.45, 7) is 3.34. The van der Waals surface area contributed by atoms with Gasteiger partial charge in [-0.05, 0) is 20.0 Å². The van der Waals surface area contributed by atoms with Gasteiger partial charge in [0.15, 0.2) is 0 Å². The van der Waals surface area contributed by atoms with E-state index in [0.717, 1.165) is 11.4 Å². The highest BCUT2D eigenvalue weighted by Gasteiger charge is 2.14. The summed E-state index contributed by atoms with van der Waals surface area (Å²) in [5, 5.41) is 5.78. The summed E-state index contributed by atoms with van der Waals surface area (Å²) in [7, 11) is 3.42. The molecule has 0 unspecified atom stereocenters. The van der Waals surface area contributed by atoms with Crippen molar-refractivity contribution in [3.8, 4) is 5.75 Å². The van der Waals surface area contributed by atoms with Crippen molar-refractivity contribution >= 4 is 17.2 Å². The highest BCUT2D eigenvalue weighted by Crippen LogP contribution is 2.28. The molecule has 1 amide bonds. The van der Waals surface area contributed by atoms with E-state index in [1.54, 1.807) is 7.11 Å². The molecule has 0 saturated carbocycles. The van der Waals surface area contributed by atoms with Gasteiger partial charge in [-0.3, -0.25) is 4.79 Å². The van der Waals surface area contributed by atoms with Crippen LogP contribution in [0.25, 0.3) is 0 Å². The largest absolute Gasteiger partial charge is 0.495 e. The van der Waals surface area contributed by atoms with Gasteiger partial charge in [0.05, 0.1) is 7.11 Å². The Bertz CT molecular complexity index is 336. The lowest BCUT2D eigenvalue weighted by atomic mass is 10.3. The van der Waals surface area contributed by atoms with E-state index in [4.69, 9.17) is 4.74 Å². The normalized spacial score (nSPS) is 10.1. The van der Waals surface area contributed by atoms with Gasteiger partial charge in [0, 0.05) is 18.0 Å². The molecule has 1 aromatic rings. The second kappa shape index (κ2) is 5.72. The number of methoxy groups -OCH3 is 1. The van der Waals surface area contributed by atoms with Crippen molar-refractivity contribution in [3.63, 3.8) is 0 Å². The van der Waals surface area contributed by atoms with Crippen molar-refractivity contribution in [1.29, 1.82) is 0 Å². The van der Waals surface area contributed by atoms with Gasteiger partial charge in [-0.1, -0.05) is 0 Å². The third-order valence-corrected chi connectivity index (χ3v) is 2.94. The molecule has 0 aliphatic heterocycles. The first-order chi connectivity index (χ1) is 7.19. The van der Waals surface area contributed by atoms with Crippen LogP contribution >= 0.6 is 11.3 Å². The van der Waals surface area contributed by atoms with Crippen LogP contribution < -0.4 is 15.4 Å². The molecule has 0 aromatic carbocycles. The number of hydrogen-bond donors (Lipinski definition) is 2. The zero-order valence-corrected chi connectivity index (χ0v) is 10.0. The maximum Gasteiger partial charge on any atom is 0.265 e. The molecule has 1 heterocycles. The van der Waals surface area contributed by atoms with Gasteiger partial charge in [0.25, 0.3) is 5.91 Å². The van der Waals surface area contributed by atoms with E-state index in [0.29, 0.717) is 17.2 Å². The molecule has 2 N–H and O–H groups in total. The number of nitrogens with one attached hydrogen (secondary N) is 2. The fraction of sp³-hybridized carbons (Fsp3) is 0.500. The van der Waals surface area contributed by atoms with Gasteiger partial charge < -0.3 is 15.4 Å². The van der Waals surface area contributed by atoms with Crippen LogP contribution in [-0.2, 0) is 0 Å². The Kier molecular flexibility index (Phi) is 4.58. The molecule has 0 bridgehead atoms. The standard InChI is InChI=1S/C10H16N2O2S/c1-7-6-8(14-3)9(15-7)10(13)12-5-4-11-2/h6,11H,4-5H2,1-3H3,(H,12,13). The number of rotatable bonds is 5. The minimum absolute atomic E-state index is 0.0693. The van der Waals surface area contributed by atoms with Crippen molar-refractivity contribution in [2.45, 2.75) is 6.92 Å². The number of amides is 1. The average molecular weight is 228 g/mol. The van der Waals surface area contributed by atoms with Crippen LogP contribution in [0.5, 0.6) is 5.75 Å². The van der Waals surface area contributed by atoms with E-state index in [1.165, 1.54) is 11.3 Å². The Morgan fingerprint density at radius 3 is 2.87 bits per heavy atom. The number of thiophene rings is 1. The lowest BCUT2D eigenvalue weighted by molar-refractivity contribution is 0.0955. The first-order valence-corrected chi connectivity index (χ1v) is 5.58. The van der Waals surface area contributed by atoms with Crippen LogP contribution in [0.1, 0.15) is 14.5 Å². The summed E-state index contributed by atoms with van der Waals surface area (Å²) >= 11 is 1.45. The van der Waals surface area contributed by atoms with E-state index in [2.05, 4.69) is 10.6 Å². The molecular weight excluding hydrogens is 212 g/mol. The van der Waals surface area contributed by atoms with Crippen molar-refractivity contribution < 1.29 is 9.53 Å².